The molecular formula is C14H18Br2N2O3. The lowest BCUT2D eigenvalue weighted by atomic mass is 10.1. The molecule has 1 unspecified atom stereocenters. The summed E-state index contributed by atoms with van der Waals surface area (Å²) in [6.07, 6.45) is 0. The van der Waals surface area contributed by atoms with Crippen LogP contribution in [0.3, 0.4) is 0 Å². The predicted molar refractivity (Wildman–Crippen MR) is 89.5 cm³/mol. The molecule has 116 valence electrons. The molecule has 0 aliphatic heterocycles. The highest BCUT2D eigenvalue weighted by Crippen LogP contribution is 2.32. The average Bonchev–Trinajstić information content (AvgIpc) is 2.33. The van der Waals surface area contributed by atoms with Gasteiger partial charge in [-0.05, 0) is 62.4 Å². The molecule has 21 heavy (non-hydrogen) atoms. The monoisotopic (exact) mass is 420 g/mol. The molecule has 0 spiro atoms. The van der Waals surface area contributed by atoms with E-state index in [2.05, 4.69) is 42.5 Å². The molecule has 1 amide bonds. The van der Waals surface area contributed by atoms with Gasteiger partial charge < -0.3 is 10.4 Å². The van der Waals surface area contributed by atoms with Crippen LogP contribution in [0.4, 0.5) is 5.69 Å². The summed E-state index contributed by atoms with van der Waals surface area (Å²) in [4.78, 5) is 23.0. The van der Waals surface area contributed by atoms with Crippen molar-refractivity contribution in [1.82, 2.24) is 5.32 Å². The first kappa shape index (κ1) is 18.1. The fourth-order valence-electron chi connectivity index (χ4n) is 1.81. The van der Waals surface area contributed by atoms with E-state index in [9.17, 15) is 9.59 Å². The van der Waals surface area contributed by atoms with Gasteiger partial charge >= 0.3 is 5.97 Å². The maximum atomic E-state index is 11.9. The number of carboxylic acid groups (broad SMARTS) is 1. The summed E-state index contributed by atoms with van der Waals surface area (Å²) in [5, 5.41) is 14.6. The number of aryl methyl sites for hydroxylation is 1. The Morgan fingerprint density at radius 2 is 1.76 bits per heavy atom. The van der Waals surface area contributed by atoms with Crippen molar-refractivity contribution in [1.29, 1.82) is 0 Å². The van der Waals surface area contributed by atoms with E-state index in [-0.39, 0.29) is 18.4 Å². The second kappa shape index (κ2) is 7.91. The molecule has 0 aliphatic carbocycles. The number of rotatable bonds is 6. The second-order valence-electron chi connectivity index (χ2n) is 5.09. The first-order valence-corrected chi connectivity index (χ1v) is 8.02. The van der Waals surface area contributed by atoms with E-state index < -0.39 is 12.0 Å². The molecule has 7 heteroatoms. The molecule has 1 rings (SSSR count). The number of anilines is 1. The third-order valence-electron chi connectivity index (χ3n) is 2.87. The lowest BCUT2D eigenvalue weighted by Gasteiger charge is -2.18. The molecule has 0 saturated carbocycles. The number of carbonyl (C=O) groups is 2. The van der Waals surface area contributed by atoms with Crippen LogP contribution in [-0.2, 0) is 9.59 Å². The third kappa shape index (κ3) is 5.41. The SMILES string of the molecule is Cc1cc(Br)c(NC(=O)CNC(C(=O)O)C(C)C)c(Br)c1. The smallest absolute Gasteiger partial charge is 0.320 e. The number of benzene rings is 1. The van der Waals surface area contributed by atoms with Crippen molar-refractivity contribution < 1.29 is 14.7 Å². The zero-order valence-electron chi connectivity index (χ0n) is 12.0. The molecule has 0 radical (unpaired) electrons. The topological polar surface area (TPSA) is 78.4 Å². The second-order valence-corrected chi connectivity index (χ2v) is 6.80. The summed E-state index contributed by atoms with van der Waals surface area (Å²) >= 11 is 6.79. The number of halogens is 2. The summed E-state index contributed by atoms with van der Waals surface area (Å²) in [6, 6.07) is 3.03. The molecule has 0 aliphatic rings. The molecule has 0 aromatic heterocycles. The Kier molecular flexibility index (Phi) is 6.83. The molecular weight excluding hydrogens is 404 g/mol. The van der Waals surface area contributed by atoms with Gasteiger partial charge in [0.1, 0.15) is 6.04 Å². The van der Waals surface area contributed by atoms with Crippen molar-refractivity contribution in [2.45, 2.75) is 26.8 Å². The molecule has 0 fully saturated rings. The number of amides is 1. The number of carbonyl (C=O) groups excluding carboxylic acids is 1. The van der Waals surface area contributed by atoms with E-state index in [4.69, 9.17) is 5.11 Å². The van der Waals surface area contributed by atoms with Gasteiger partial charge in [0.2, 0.25) is 5.91 Å². The van der Waals surface area contributed by atoms with Gasteiger partial charge in [-0.1, -0.05) is 13.8 Å². The van der Waals surface area contributed by atoms with E-state index in [1.54, 1.807) is 13.8 Å². The minimum Gasteiger partial charge on any atom is -0.480 e. The van der Waals surface area contributed by atoms with Crippen LogP contribution in [0, 0.1) is 12.8 Å². The number of carboxylic acids is 1. The Morgan fingerprint density at radius 3 is 2.19 bits per heavy atom. The summed E-state index contributed by atoms with van der Waals surface area (Å²) in [6.45, 7) is 5.46. The molecule has 3 N–H and O–H groups in total. The van der Waals surface area contributed by atoms with Crippen LogP contribution in [0.2, 0.25) is 0 Å². The van der Waals surface area contributed by atoms with Crippen LogP contribution in [-0.4, -0.2) is 29.6 Å². The van der Waals surface area contributed by atoms with E-state index in [0.717, 1.165) is 14.5 Å². The van der Waals surface area contributed by atoms with Gasteiger partial charge in [0, 0.05) is 8.95 Å². The largest absolute Gasteiger partial charge is 0.480 e. The quantitative estimate of drug-likeness (QED) is 0.659. The summed E-state index contributed by atoms with van der Waals surface area (Å²) in [5.74, 6) is -1.37. The van der Waals surface area contributed by atoms with Crippen molar-refractivity contribution in [2.24, 2.45) is 5.92 Å². The third-order valence-corrected chi connectivity index (χ3v) is 4.12. The van der Waals surface area contributed by atoms with Gasteiger partial charge in [0.25, 0.3) is 0 Å². The van der Waals surface area contributed by atoms with Crippen molar-refractivity contribution in [3.63, 3.8) is 0 Å². The Bertz CT molecular complexity index is 524. The van der Waals surface area contributed by atoms with Crippen LogP contribution in [0.1, 0.15) is 19.4 Å². The van der Waals surface area contributed by atoms with E-state index in [0.29, 0.717) is 5.69 Å². The molecule has 1 atom stereocenters. The highest BCUT2D eigenvalue weighted by Gasteiger charge is 2.21. The van der Waals surface area contributed by atoms with Gasteiger partial charge in [-0.3, -0.25) is 14.9 Å². The van der Waals surface area contributed by atoms with Gasteiger partial charge in [0.15, 0.2) is 0 Å². The van der Waals surface area contributed by atoms with E-state index in [1.165, 1.54) is 0 Å². The zero-order valence-corrected chi connectivity index (χ0v) is 15.2. The van der Waals surface area contributed by atoms with Gasteiger partial charge in [-0.2, -0.15) is 0 Å². The Morgan fingerprint density at radius 1 is 1.24 bits per heavy atom. The fraction of sp³-hybridized carbons (Fsp3) is 0.429. The Hall–Kier alpha value is -0.920. The van der Waals surface area contributed by atoms with Gasteiger partial charge in [-0.15, -0.1) is 0 Å². The number of nitrogens with one attached hydrogen (secondary N) is 2. The minimum atomic E-state index is -0.963. The molecule has 0 heterocycles. The standard InChI is InChI=1S/C14H18Br2N2O3/c1-7(2)12(14(20)21)17-6-11(19)18-13-9(15)4-8(3)5-10(13)16/h4-5,7,12,17H,6H2,1-3H3,(H,18,19)(H,20,21). The van der Waals surface area contributed by atoms with Crippen LogP contribution >= 0.6 is 31.9 Å². The summed E-state index contributed by atoms with van der Waals surface area (Å²) in [5.41, 5.74) is 1.68. The highest BCUT2D eigenvalue weighted by atomic mass is 79.9. The Balaban J connectivity index is 2.69. The maximum absolute atomic E-state index is 11.9. The summed E-state index contributed by atoms with van der Waals surface area (Å²) in [7, 11) is 0. The lowest BCUT2D eigenvalue weighted by Crippen LogP contribution is -2.44. The predicted octanol–water partition coefficient (Wildman–Crippen LogP) is 3.16. The van der Waals surface area contributed by atoms with Crippen LogP contribution in [0.15, 0.2) is 21.1 Å². The van der Waals surface area contributed by atoms with Gasteiger partial charge in [0.05, 0.1) is 12.2 Å². The van der Waals surface area contributed by atoms with Crippen LogP contribution in [0.25, 0.3) is 0 Å². The van der Waals surface area contributed by atoms with Gasteiger partial charge in [-0.25, -0.2) is 0 Å². The highest BCUT2D eigenvalue weighted by molar-refractivity contribution is 9.11. The maximum Gasteiger partial charge on any atom is 0.320 e. The molecule has 1 aromatic carbocycles. The molecule has 5 nitrogen and oxygen atoms in total. The minimum absolute atomic E-state index is 0.0676. The molecule has 1 aromatic rings. The number of hydrogen-bond acceptors (Lipinski definition) is 3. The molecule has 0 bridgehead atoms. The number of hydrogen-bond donors (Lipinski definition) is 3. The summed E-state index contributed by atoms with van der Waals surface area (Å²) < 4.78 is 1.53. The first-order chi connectivity index (χ1) is 9.72. The zero-order chi connectivity index (χ0) is 16.2. The Labute approximate surface area is 140 Å². The number of aliphatic carboxylic acids is 1. The normalized spacial score (nSPS) is 12.3. The van der Waals surface area contributed by atoms with Crippen LogP contribution < -0.4 is 10.6 Å². The van der Waals surface area contributed by atoms with Crippen molar-refractivity contribution in [3.8, 4) is 0 Å². The van der Waals surface area contributed by atoms with E-state index >= 15 is 0 Å². The van der Waals surface area contributed by atoms with Crippen molar-refractivity contribution >= 4 is 49.4 Å². The average molecular weight is 422 g/mol. The van der Waals surface area contributed by atoms with Crippen molar-refractivity contribution in [3.05, 3.63) is 26.6 Å². The lowest BCUT2D eigenvalue weighted by molar-refractivity contribution is -0.140. The fourth-order valence-corrected chi connectivity index (χ4v) is 3.43. The van der Waals surface area contributed by atoms with Crippen LogP contribution in [0.5, 0.6) is 0 Å². The first-order valence-electron chi connectivity index (χ1n) is 6.44. The molecule has 0 saturated heterocycles. The van der Waals surface area contributed by atoms with Crippen molar-refractivity contribution in [2.75, 3.05) is 11.9 Å². The van der Waals surface area contributed by atoms with E-state index in [1.807, 2.05) is 19.1 Å².